The summed E-state index contributed by atoms with van der Waals surface area (Å²) in [6.07, 6.45) is 3.99. The number of ether oxygens (including phenoxy) is 1. The smallest absolute Gasteiger partial charge is 0.460 e. The van der Waals surface area contributed by atoms with Crippen LogP contribution in [0.5, 0.6) is 0 Å². The summed E-state index contributed by atoms with van der Waals surface area (Å²) in [4.78, 5) is 10.7. The zero-order valence-corrected chi connectivity index (χ0v) is 10.3. The van der Waals surface area contributed by atoms with Crippen LogP contribution in [0.4, 0.5) is 8.78 Å². The van der Waals surface area contributed by atoms with Crippen molar-refractivity contribution in [3.05, 3.63) is 0 Å². The molecule has 0 aliphatic carbocycles. The largest absolute Gasteiger partial charge is 0.465 e. The standard InChI is InChI=1S/C9H16F2O5S/c1-2-3-4-5-6-7-16-8(12)9(10,11)17(13,14)15/h2-7H2,1H3,(H,13,14,15). The molecule has 0 aromatic rings. The Labute approximate surface area is 98.9 Å². The molecule has 0 atom stereocenters. The average Bonchev–Trinajstić information content (AvgIpc) is 2.21. The zero-order valence-electron chi connectivity index (χ0n) is 9.49. The lowest BCUT2D eigenvalue weighted by atomic mass is 10.2. The van der Waals surface area contributed by atoms with Crippen LogP contribution in [-0.2, 0) is 19.6 Å². The topological polar surface area (TPSA) is 80.7 Å². The molecular weight excluding hydrogens is 258 g/mol. The van der Waals surface area contributed by atoms with E-state index in [-0.39, 0.29) is 6.61 Å². The second kappa shape index (κ2) is 6.85. The number of carbonyl (C=O) groups is 1. The van der Waals surface area contributed by atoms with Crippen molar-refractivity contribution in [2.75, 3.05) is 6.61 Å². The fraction of sp³-hybridized carbons (Fsp3) is 0.889. The van der Waals surface area contributed by atoms with Gasteiger partial charge in [-0.15, -0.1) is 0 Å². The fourth-order valence-electron chi connectivity index (χ4n) is 1.06. The highest BCUT2D eigenvalue weighted by Crippen LogP contribution is 2.22. The molecule has 0 aromatic carbocycles. The van der Waals surface area contributed by atoms with E-state index in [1.54, 1.807) is 0 Å². The van der Waals surface area contributed by atoms with Crippen molar-refractivity contribution in [1.82, 2.24) is 0 Å². The van der Waals surface area contributed by atoms with Crippen molar-refractivity contribution in [2.24, 2.45) is 0 Å². The number of hydrogen-bond acceptors (Lipinski definition) is 4. The maximum Gasteiger partial charge on any atom is 0.465 e. The first-order valence-electron chi connectivity index (χ1n) is 5.25. The molecule has 5 nitrogen and oxygen atoms in total. The summed E-state index contributed by atoms with van der Waals surface area (Å²) in [7, 11) is -5.76. The Morgan fingerprint density at radius 3 is 2.24 bits per heavy atom. The van der Waals surface area contributed by atoms with Crippen LogP contribution in [0.25, 0.3) is 0 Å². The van der Waals surface area contributed by atoms with E-state index in [9.17, 15) is 22.0 Å². The Kier molecular flexibility index (Phi) is 6.54. The quantitative estimate of drug-likeness (QED) is 0.416. The predicted molar refractivity (Wildman–Crippen MR) is 56.2 cm³/mol. The summed E-state index contributed by atoms with van der Waals surface area (Å²) in [5.41, 5.74) is 0. The first-order chi connectivity index (χ1) is 7.73. The highest BCUT2D eigenvalue weighted by atomic mass is 32.2. The molecule has 0 unspecified atom stereocenters. The molecule has 0 saturated heterocycles. The van der Waals surface area contributed by atoms with Gasteiger partial charge in [0.15, 0.2) is 0 Å². The fourth-order valence-corrected chi connectivity index (χ4v) is 1.33. The Bertz CT molecular complexity index is 339. The summed E-state index contributed by atoms with van der Waals surface area (Å²) in [5, 5.41) is -4.89. The van der Waals surface area contributed by atoms with Crippen LogP contribution >= 0.6 is 0 Å². The summed E-state index contributed by atoms with van der Waals surface area (Å²) >= 11 is 0. The van der Waals surface area contributed by atoms with Crippen molar-refractivity contribution in [2.45, 2.75) is 44.3 Å². The van der Waals surface area contributed by atoms with Gasteiger partial charge in [0.1, 0.15) is 0 Å². The normalized spacial score (nSPS) is 12.5. The lowest BCUT2D eigenvalue weighted by Crippen LogP contribution is -2.39. The van der Waals surface area contributed by atoms with Crippen LogP contribution in [0.3, 0.4) is 0 Å². The highest BCUT2D eigenvalue weighted by Gasteiger charge is 2.54. The number of alkyl halides is 2. The minimum atomic E-state index is -5.76. The van der Waals surface area contributed by atoms with Gasteiger partial charge >= 0.3 is 21.3 Å². The third-order valence-corrected chi connectivity index (χ3v) is 2.86. The number of unbranched alkanes of at least 4 members (excludes halogenated alkanes) is 4. The molecule has 8 heteroatoms. The van der Waals surface area contributed by atoms with E-state index in [1.807, 2.05) is 6.92 Å². The molecule has 0 aliphatic rings. The van der Waals surface area contributed by atoms with Crippen LogP contribution < -0.4 is 0 Å². The Hall–Kier alpha value is -0.760. The summed E-state index contributed by atoms with van der Waals surface area (Å²) in [6.45, 7) is 1.72. The maximum absolute atomic E-state index is 12.6. The van der Waals surface area contributed by atoms with E-state index < -0.39 is 21.3 Å². The second-order valence-electron chi connectivity index (χ2n) is 3.54. The molecule has 0 bridgehead atoms. The lowest BCUT2D eigenvalue weighted by molar-refractivity contribution is -0.161. The Balaban J connectivity index is 3.96. The van der Waals surface area contributed by atoms with Gasteiger partial charge in [0.05, 0.1) is 6.61 Å². The van der Waals surface area contributed by atoms with Crippen LogP contribution in [0, 0.1) is 0 Å². The molecule has 0 spiro atoms. The molecule has 0 aromatic heterocycles. The van der Waals surface area contributed by atoms with Gasteiger partial charge in [-0.2, -0.15) is 17.2 Å². The molecule has 1 N–H and O–H groups in total. The van der Waals surface area contributed by atoms with Gasteiger partial charge in [0, 0.05) is 0 Å². The number of rotatable bonds is 8. The van der Waals surface area contributed by atoms with E-state index in [1.165, 1.54) is 0 Å². The second-order valence-corrected chi connectivity index (χ2v) is 5.00. The van der Waals surface area contributed by atoms with Gasteiger partial charge in [-0.3, -0.25) is 4.55 Å². The van der Waals surface area contributed by atoms with E-state index >= 15 is 0 Å². The molecule has 0 rings (SSSR count). The number of halogens is 2. The highest BCUT2D eigenvalue weighted by molar-refractivity contribution is 7.87. The molecule has 0 saturated carbocycles. The Morgan fingerprint density at radius 1 is 1.24 bits per heavy atom. The van der Waals surface area contributed by atoms with E-state index in [4.69, 9.17) is 4.55 Å². The van der Waals surface area contributed by atoms with Crippen molar-refractivity contribution < 1.29 is 31.3 Å². The van der Waals surface area contributed by atoms with Crippen LogP contribution in [0.1, 0.15) is 39.0 Å². The Morgan fingerprint density at radius 2 is 1.76 bits per heavy atom. The van der Waals surface area contributed by atoms with Crippen molar-refractivity contribution in [3.63, 3.8) is 0 Å². The number of hydrogen-bond donors (Lipinski definition) is 1. The molecule has 102 valence electrons. The molecule has 0 fully saturated rings. The zero-order chi connectivity index (χ0) is 13.5. The van der Waals surface area contributed by atoms with Crippen LogP contribution in [-0.4, -0.2) is 30.8 Å². The van der Waals surface area contributed by atoms with Crippen LogP contribution in [0.15, 0.2) is 0 Å². The molecule has 0 heterocycles. The molecular formula is C9H16F2O5S. The van der Waals surface area contributed by atoms with Gasteiger partial charge in [0.2, 0.25) is 0 Å². The maximum atomic E-state index is 12.6. The first-order valence-corrected chi connectivity index (χ1v) is 6.69. The third kappa shape index (κ3) is 5.40. The monoisotopic (exact) mass is 274 g/mol. The molecule has 0 radical (unpaired) electrons. The molecule has 17 heavy (non-hydrogen) atoms. The number of carbonyl (C=O) groups excluding carboxylic acids is 1. The molecule has 0 amide bonds. The van der Waals surface area contributed by atoms with E-state index in [0.29, 0.717) is 12.8 Å². The van der Waals surface area contributed by atoms with E-state index in [0.717, 1.165) is 19.3 Å². The predicted octanol–water partition coefficient (Wildman–Crippen LogP) is 1.98. The van der Waals surface area contributed by atoms with Gasteiger partial charge in [-0.25, -0.2) is 4.79 Å². The van der Waals surface area contributed by atoms with Gasteiger partial charge in [-0.1, -0.05) is 32.6 Å². The minimum Gasteiger partial charge on any atom is -0.460 e. The van der Waals surface area contributed by atoms with Gasteiger partial charge in [0.25, 0.3) is 0 Å². The van der Waals surface area contributed by atoms with E-state index in [2.05, 4.69) is 4.74 Å². The first kappa shape index (κ1) is 16.2. The van der Waals surface area contributed by atoms with Gasteiger partial charge < -0.3 is 4.74 Å². The third-order valence-electron chi connectivity index (χ3n) is 2.04. The van der Waals surface area contributed by atoms with Crippen LogP contribution in [0.2, 0.25) is 0 Å². The van der Waals surface area contributed by atoms with Crippen molar-refractivity contribution >= 4 is 16.1 Å². The summed E-state index contributed by atoms with van der Waals surface area (Å²) in [6, 6.07) is 0. The average molecular weight is 274 g/mol. The van der Waals surface area contributed by atoms with Crippen molar-refractivity contribution in [1.29, 1.82) is 0 Å². The minimum absolute atomic E-state index is 0.284. The number of esters is 1. The molecule has 0 aliphatic heterocycles. The van der Waals surface area contributed by atoms with Crippen molar-refractivity contribution in [3.8, 4) is 0 Å². The lowest BCUT2D eigenvalue weighted by Gasteiger charge is -2.11. The SMILES string of the molecule is CCCCCCCOC(=O)C(F)(F)S(=O)(=O)O. The summed E-state index contributed by atoms with van der Waals surface area (Å²) < 4.78 is 57.8. The summed E-state index contributed by atoms with van der Waals surface area (Å²) in [5.74, 6) is -2.24. The van der Waals surface area contributed by atoms with Gasteiger partial charge in [-0.05, 0) is 6.42 Å².